The van der Waals surface area contributed by atoms with Crippen LogP contribution in [0.25, 0.3) is 0 Å². The van der Waals surface area contributed by atoms with Crippen molar-refractivity contribution in [3.63, 3.8) is 0 Å². The Hall–Kier alpha value is -1.11. The van der Waals surface area contributed by atoms with Crippen LogP contribution in [-0.2, 0) is 9.47 Å². The maximum absolute atomic E-state index is 11.6. The molecule has 0 aromatic carbocycles. The van der Waals surface area contributed by atoms with Crippen LogP contribution in [0.3, 0.4) is 0 Å². The van der Waals surface area contributed by atoms with E-state index in [0.29, 0.717) is 19.1 Å². The molecule has 30 heavy (non-hydrogen) atoms. The summed E-state index contributed by atoms with van der Waals surface area (Å²) < 4.78 is 10.7. The summed E-state index contributed by atoms with van der Waals surface area (Å²) in [5.74, 6) is 0.761. The van der Waals surface area contributed by atoms with E-state index in [9.17, 15) is 4.79 Å². The number of morpholine rings is 1. The van der Waals surface area contributed by atoms with Crippen LogP contribution in [0.1, 0.15) is 38.1 Å². The zero-order valence-electron chi connectivity index (χ0n) is 18.4. The van der Waals surface area contributed by atoms with Gasteiger partial charge in [0.05, 0.1) is 19.3 Å². The van der Waals surface area contributed by atoms with Gasteiger partial charge in [-0.1, -0.05) is 6.07 Å². The minimum absolute atomic E-state index is 0. The van der Waals surface area contributed by atoms with Gasteiger partial charge in [0.1, 0.15) is 5.60 Å². The second-order valence-corrected chi connectivity index (χ2v) is 8.82. The molecule has 1 amide bonds. The first-order valence-electron chi connectivity index (χ1n) is 10.2. The number of aliphatic imine (C=N–C) groups is 1. The van der Waals surface area contributed by atoms with Crippen molar-refractivity contribution < 1.29 is 14.3 Å². The molecule has 8 nitrogen and oxygen atoms in total. The van der Waals surface area contributed by atoms with Crippen molar-refractivity contribution in [2.45, 2.75) is 38.8 Å². The van der Waals surface area contributed by atoms with Crippen molar-refractivity contribution in [2.24, 2.45) is 4.99 Å². The van der Waals surface area contributed by atoms with Gasteiger partial charge in [-0.15, -0.1) is 35.3 Å². The third-order valence-corrected chi connectivity index (χ3v) is 5.33. The van der Waals surface area contributed by atoms with E-state index in [1.807, 2.05) is 20.8 Å². The average Bonchev–Trinajstić information content (AvgIpc) is 3.20. The minimum atomic E-state index is -0.478. The van der Waals surface area contributed by atoms with E-state index >= 15 is 0 Å². The maximum atomic E-state index is 11.6. The first-order chi connectivity index (χ1) is 13.9. The molecular formula is C20H36IN5O3S. The lowest BCUT2D eigenvalue weighted by molar-refractivity contribution is 0.0177. The molecule has 0 saturated carbocycles. The monoisotopic (exact) mass is 553 g/mol. The minimum Gasteiger partial charge on any atom is -0.444 e. The molecule has 3 N–H and O–H groups in total. The molecule has 1 aromatic rings. The summed E-state index contributed by atoms with van der Waals surface area (Å²) in [6.45, 7) is 11.0. The van der Waals surface area contributed by atoms with E-state index in [0.717, 1.165) is 45.2 Å². The van der Waals surface area contributed by atoms with Crippen molar-refractivity contribution in [1.82, 2.24) is 20.9 Å². The number of thiophene rings is 1. The highest BCUT2D eigenvalue weighted by atomic mass is 127. The van der Waals surface area contributed by atoms with E-state index in [2.05, 4.69) is 43.4 Å². The fourth-order valence-corrected chi connectivity index (χ4v) is 3.85. The van der Waals surface area contributed by atoms with Gasteiger partial charge < -0.3 is 25.4 Å². The third kappa shape index (κ3) is 10.3. The molecule has 1 saturated heterocycles. The average molecular weight is 554 g/mol. The normalized spacial score (nSPS) is 16.3. The number of hydrogen-bond acceptors (Lipinski definition) is 6. The lowest BCUT2D eigenvalue weighted by Gasteiger charge is -2.34. The summed E-state index contributed by atoms with van der Waals surface area (Å²) in [6.07, 6.45) is 0.391. The van der Waals surface area contributed by atoms with Gasteiger partial charge in [0.2, 0.25) is 0 Å². The van der Waals surface area contributed by atoms with Gasteiger partial charge in [0.25, 0.3) is 0 Å². The molecule has 1 fully saturated rings. The number of hydrogen-bond donors (Lipinski definition) is 3. The number of carbonyl (C=O) groups is 1. The summed E-state index contributed by atoms with van der Waals surface area (Å²) in [5, 5.41) is 11.6. The van der Waals surface area contributed by atoms with E-state index in [1.165, 1.54) is 4.88 Å². The lowest BCUT2D eigenvalue weighted by atomic mass is 10.2. The molecule has 1 atom stereocenters. The third-order valence-electron chi connectivity index (χ3n) is 4.36. The molecule has 0 spiro atoms. The molecule has 1 aliphatic heterocycles. The van der Waals surface area contributed by atoms with Gasteiger partial charge >= 0.3 is 6.09 Å². The van der Waals surface area contributed by atoms with Crippen LogP contribution in [-0.4, -0.2) is 75.5 Å². The Balaban J connectivity index is 0.00000450. The van der Waals surface area contributed by atoms with Crippen LogP contribution in [0.2, 0.25) is 0 Å². The van der Waals surface area contributed by atoms with Crippen molar-refractivity contribution in [3.8, 4) is 0 Å². The van der Waals surface area contributed by atoms with Crippen LogP contribution < -0.4 is 16.0 Å². The van der Waals surface area contributed by atoms with Crippen LogP contribution in [0, 0.1) is 0 Å². The summed E-state index contributed by atoms with van der Waals surface area (Å²) in [4.78, 5) is 19.8. The fraction of sp³-hybridized carbons (Fsp3) is 0.700. The van der Waals surface area contributed by atoms with Crippen molar-refractivity contribution >= 4 is 47.4 Å². The smallest absolute Gasteiger partial charge is 0.407 e. The molecule has 1 aromatic heterocycles. The van der Waals surface area contributed by atoms with Gasteiger partial charge in [0.15, 0.2) is 5.96 Å². The zero-order chi connectivity index (χ0) is 21.1. The molecule has 1 unspecified atom stereocenters. The largest absolute Gasteiger partial charge is 0.444 e. The van der Waals surface area contributed by atoms with Crippen LogP contribution in [0.5, 0.6) is 0 Å². The van der Waals surface area contributed by atoms with Gasteiger partial charge in [0, 0.05) is 44.6 Å². The van der Waals surface area contributed by atoms with Crippen LogP contribution >= 0.6 is 35.3 Å². The highest BCUT2D eigenvalue weighted by Crippen LogP contribution is 2.25. The number of carbonyl (C=O) groups excluding carboxylic acids is 1. The molecule has 2 rings (SSSR count). The second-order valence-electron chi connectivity index (χ2n) is 7.84. The number of rotatable bonds is 8. The summed E-state index contributed by atoms with van der Waals surface area (Å²) >= 11 is 1.78. The first-order valence-corrected chi connectivity index (χ1v) is 11.0. The molecule has 0 aliphatic carbocycles. The van der Waals surface area contributed by atoms with Gasteiger partial charge in [-0.3, -0.25) is 9.89 Å². The van der Waals surface area contributed by atoms with Gasteiger partial charge in [-0.05, 0) is 38.6 Å². The summed E-state index contributed by atoms with van der Waals surface area (Å²) in [6, 6.07) is 4.58. The number of amides is 1. The second kappa shape index (κ2) is 14.0. The Morgan fingerprint density at radius 2 is 1.97 bits per heavy atom. The molecule has 0 bridgehead atoms. The summed E-state index contributed by atoms with van der Waals surface area (Å²) in [5.41, 5.74) is -0.478. The van der Waals surface area contributed by atoms with Crippen LogP contribution in [0.15, 0.2) is 22.5 Å². The highest BCUT2D eigenvalue weighted by molar-refractivity contribution is 14.0. The molecule has 172 valence electrons. The molecular weight excluding hydrogens is 517 g/mol. The quantitative estimate of drug-likeness (QED) is 0.199. The van der Waals surface area contributed by atoms with E-state index in [4.69, 9.17) is 9.47 Å². The lowest BCUT2D eigenvalue weighted by Crippen LogP contribution is -2.46. The first kappa shape index (κ1) is 26.9. The van der Waals surface area contributed by atoms with Crippen molar-refractivity contribution in [2.75, 3.05) is 53.0 Å². The maximum Gasteiger partial charge on any atom is 0.407 e. The Morgan fingerprint density at radius 3 is 2.57 bits per heavy atom. The standard InChI is InChI=1S/C20H35N5O3S.HI/c1-20(2,3)28-19(26)23-9-6-8-22-18(21-4)24-15-16(17-7-5-14-29-17)25-10-12-27-13-11-25;/h5,7,14,16H,6,8-13,15H2,1-4H3,(H,23,26)(H2,21,22,24);1H. The number of halogens is 1. The number of nitrogens with one attached hydrogen (secondary N) is 3. The number of ether oxygens (including phenoxy) is 2. The van der Waals surface area contributed by atoms with Crippen LogP contribution in [0.4, 0.5) is 4.79 Å². The SMILES string of the molecule is CN=C(NCCCNC(=O)OC(C)(C)C)NCC(c1cccs1)N1CCOCC1.I. The number of alkyl carbamates (subject to hydrolysis) is 1. The molecule has 2 heterocycles. The predicted molar refractivity (Wildman–Crippen MR) is 133 cm³/mol. The Labute approximate surface area is 201 Å². The topological polar surface area (TPSA) is 87.2 Å². The van der Waals surface area contributed by atoms with Crippen molar-refractivity contribution in [1.29, 1.82) is 0 Å². The zero-order valence-corrected chi connectivity index (χ0v) is 21.5. The number of guanidine groups is 1. The Morgan fingerprint density at radius 1 is 1.27 bits per heavy atom. The molecule has 1 aliphatic rings. The Bertz CT molecular complexity index is 631. The van der Waals surface area contributed by atoms with E-state index < -0.39 is 5.60 Å². The molecule has 0 radical (unpaired) electrons. The fourth-order valence-electron chi connectivity index (χ4n) is 2.99. The highest BCUT2D eigenvalue weighted by Gasteiger charge is 2.23. The predicted octanol–water partition coefficient (Wildman–Crippen LogP) is 2.82. The van der Waals surface area contributed by atoms with E-state index in [-0.39, 0.29) is 30.1 Å². The van der Waals surface area contributed by atoms with E-state index in [1.54, 1.807) is 18.4 Å². The number of nitrogens with zero attached hydrogens (tertiary/aromatic N) is 2. The van der Waals surface area contributed by atoms with Gasteiger partial charge in [-0.25, -0.2) is 4.79 Å². The summed E-state index contributed by atoms with van der Waals surface area (Å²) in [7, 11) is 1.77. The van der Waals surface area contributed by atoms with Crippen molar-refractivity contribution in [3.05, 3.63) is 22.4 Å². The van der Waals surface area contributed by atoms with Gasteiger partial charge in [-0.2, -0.15) is 0 Å². The Kier molecular flexibility index (Phi) is 12.6. The molecule has 10 heteroatoms.